The molecule has 10 heteroatoms. The van der Waals surface area contributed by atoms with Crippen LogP contribution in [0.5, 0.6) is 0 Å². The van der Waals surface area contributed by atoms with Gasteiger partial charge >= 0.3 is 0 Å². The molecule has 10 nitrogen and oxygen atoms in total. The molecule has 0 bridgehead atoms. The molecule has 2 saturated heterocycles. The van der Waals surface area contributed by atoms with Crippen LogP contribution < -0.4 is 5.73 Å². The molecule has 2 amide bonds. The first-order valence-corrected chi connectivity index (χ1v) is 25.9. The van der Waals surface area contributed by atoms with Crippen LogP contribution in [0, 0.1) is 69.0 Å². The number of nitrogens with zero attached hydrogens (tertiary/aromatic N) is 4. The number of hydrogen-bond acceptors (Lipinski definition) is 8. The Morgan fingerprint density at radius 2 is 0.823 bits per heavy atom. The monoisotopic (exact) mass is 856 g/mol. The highest BCUT2D eigenvalue weighted by Crippen LogP contribution is 2.57. The van der Waals surface area contributed by atoms with Crippen molar-refractivity contribution in [1.82, 2.24) is 9.80 Å². The van der Waals surface area contributed by atoms with Gasteiger partial charge in [-0.25, -0.2) is 0 Å². The summed E-state index contributed by atoms with van der Waals surface area (Å²) in [7, 11) is 0. The number of fused-ring (bicyclic) bond motifs is 3. The topological polar surface area (TPSA) is 142 Å². The molecule has 0 spiro atoms. The van der Waals surface area contributed by atoms with Gasteiger partial charge in [-0.15, -0.1) is 0 Å². The molecule has 9 aliphatic carbocycles. The maximum Gasteiger partial charge on any atom is 0.223 e. The van der Waals surface area contributed by atoms with Crippen LogP contribution in [-0.4, -0.2) is 89.0 Å². The highest BCUT2D eigenvalue weighted by atomic mass is 16.5. The summed E-state index contributed by atoms with van der Waals surface area (Å²) in [5.41, 5.74) is 6.94. The van der Waals surface area contributed by atoms with E-state index < -0.39 is 0 Å². The summed E-state index contributed by atoms with van der Waals surface area (Å²) in [5, 5.41) is 18.3. The van der Waals surface area contributed by atoms with Crippen molar-refractivity contribution in [3.05, 3.63) is 0 Å². The molecule has 11 aliphatic rings. The predicted octanol–water partition coefficient (Wildman–Crippen LogP) is 9.38. The molecule has 62 heavy (non-hydrogen) atoms. The Morgan fingerprint density at radius 3 is 1.11 bits per heavy atom. The Bertz CT molecular complexity index is 1540. The van der Waals surface area contributed by atoms with Crippen molar-refractivity contribution < 1.29 is 23.8 Å². The zero-order valence-electron chi connectivity index (χ0n) is 38.8. The number of amides is 2. The van der Waals surface area contributed by atoms with Gasteiger partial charge < -0.3 is 29.7 Å². The molecule has 2 aliphatic heterocycles. The van der Waals surface area contributed by atoms with Gasteiger partial charge in [0.15, 0.2) is 0 Å². The first-order chi connectivity index (χ1) is 29.7. The van der Waals surface area contributed by atoms with Crippen LogP contribution in [0.3, 0.4) is 0 Å². The van der Waals surface area contributed by atoms with Gasteiger partial charge in [0.05, 0.1) is 48.8 Å². The third-order valence-electron chi connectivity index (χ3n) is 17.9. The van der Waals surface area contributed by atoms with Gasteiger partial charge in [-0.2, -0.15) is 10.5 Å². The van der Waals surface area contributed by atoms with Crippen molar-refractivity contribution in [1.29, 1.82) is 10.5 Å². The zero-order chi connectivity index (χ0) is 43.2. The van der Waals surface area contributed by atoms with Crippen molar-refractivity contribution in [2.45, 2.75) is 242 Å². The largest absolute Gasteiger partial charge is 0.375 e. The number of likely N-dealkylation sites (tertiary alicyclic amines) is 2. The minimum atomic E-state index is -0.173. The van der Waals surface area contributed by atoms with Crippen LogP contribution in [0.1, 0.15) is 188 Å². The lowest BCUT2D eigenvalue weighted by Gasteiger charge is -2.27. The average Bonchev–Trinajstić information content (AvgIpc) is 4.08. The van der Waals surface area contributed by atoms with E-state index in [-0.39, 0.29) is 29.4 Å². The van der Waals surface area contributed by atoms with Crippen LogP contribution in [0.4, 0.5) is 0 Å². The van der Waals surface area contributed by atoms with E-state index in [2.05, 4.69) is 32.9 Å². The molecule has 2 N–H and O–H groups in total. The Morgan fingerprint density at radius 1 is 0.516 bits per heavy atom. The second kappa shape index (κ2) is 18.6. The molecule has 11 rings (SSSR count). The quantitative estimate of drug-likeness (QED) is 0.205. The van der Waals surface area contributed by atoms with Gasteiger partial charge in [-0.3, -0.25) is 9.59 Å². The molecule has 14 atom stereocenters. The SMILES string of the molecule is CC1(CCC(=O)N2CCC[C@H]2C#N)C[C@H]2CC(OC3CC3)C[C@H]2C1.CC1(CCC(=O)N2CCC[C@H]2C#N)C[C@H]2CC(OC3CC3)C[C@H]2C1.CC1(N)C[C@H]2CC(OC3CC3)C[C@H]2C1. The van der Waals surface area contributed by atoms with Crippen LogP contribution in [0.15, 0.2) is 0 Å². The third-order valence-corrected chi connectivity index (χ3v) is 17.9. The van der Waals surface area contributed by atoms with Crippen molar-refractivity contribution in [2.24, 2.45) is 52.1 Å². The molecule has 0 aromatic carbocycles. The van der Waals surface area contributed by atoms with Crippen molar-refractivity contribution in [3.8, 4) is 12.1 Å². The van der Waals surface area contributed by atoms with Crippen molar-refractivity contribution in [3.63, 3.8) is 0 Å². The molecule has 0 aromatic rings. The number of carbonyl (C=O) groups is 2. The van der Waals surface area contributed by atoms with Gasteiger partial charge in [0.25, 0.3) is 0 Å². The highest BCUT2D eigenvalue weighted by Gasteiger charge is 2.50. The second-order valence-corrected chi connectivity index (χ2v) is 24.1. The lowest BCUT2D eigenvalue weighted by atomic mass is 9.81. The fraction of sp³-hybridized carbons (Fsp3) is 0.923. The summed E-state index contributed by atoms with van der Waals surface area (Å²) in [6.07, 6.45) is 33.0. The summed E-state index contributed by atoms with van der Waals surface area (Å²) in [6.45, 7) is 8.52. The second-order valence-electron chi connectivity index (χ2n) is 24.1. The van der Waals surface area contributed by atoms with E-state index in [4.69, 9.17) is 30.5 Å². The molecular formula is C52H81N5O5. The van der Waals surface area contributed by atoms with Crippen LogP contribution in [-0.2, 0) is 23.8 Å². The van der Waals surface area contributed by atoms with Gasteiger partial charge in [0.2, 0.25) is 11.8 Å². The lowest BCUT2D eigenvalue weighted by molar-refractivity contribution is -0.132. The van der Waals surface area contributed by atoms with Crippen LogP contribution in [0.25, 0.3) is 0 Å². The van der Waals surface area contributed by atoms with Crippen molar-refractivity contribution in [2.75, 3.05) is 13.1 Å². The minimum Gasteiger partial charge on any atom is -0.375 e. The fourth-order valence-corrected chi connectivity index (χ4v) is 14.6. The Balaban J connectivity index is 0.000000123. The van der Waals surface area contributed by atoms with E-state index in [0.717, 1.165) is 87.1 Å². The van der Waals surface area contributed by atoms with Gasteiger partial charge in [-0.05, 0) is 207 Å². The normalized spacial score (nSPS) is 43.9. The molecule has 344 valence electrons. The number of nitrogens with two attached hydrogens (primary N) is 1. The van der Waals surface area contributed by atoms with Gasteiger partial charge in [0.1, 0.15) is 12.1 Å². The third kappa shape index (κ3) is 11.2. The summed E-state index contributed by atoms with van der Waals surface area (Å²) >= 11 is 0. The van der Waals surface area contributed by atoms with E-state index in [9.17, 15) is 9.59 Å². The number of rotatable bonds is 12. The minimum absolute atomic E-state index is 0.125. The van der Waals surface area contributed by atoms with Gasteiger partial charge in [0, 0.05) is 31.5 Å². The summed E-state index contributed by atoms with van der Waals surface area (Å²) in [5.74, 6) is 5.39. The summed E-state index contributed by atoms with van der Waals surface area (Å²) < 4.78 is 18.2. The number of carbonyl (C=O) groups excluding carboxylic acids is 2. The Kier molecular flexibility index (Phi) is 13.5. The molecule has 6 unspecified atom stereocenters. The molecule has 2 heterocycles. The van der Waals surface area contributed by atoms with E-state index in [1.54, 1.807) is 0 Å². The predicted molar refractivity (Wildman–Crippen MR) is 238 cm³/mol. The van der Waals surface area contributed by atoms with E-state index in [0.29, 0.717) is 60.3 Å². The smallest absolute Gasteiger partial charge is 0.223 e. The van der Waals surface area contributed by atoms with Crippen LogP contribution in [0.2, 0.25) is 0 Å². The average molecular weight is 856 g/mol. The van der Waals surface area contributed by atoms with Gasteiger partial charge in [-0.1, -0.05) is 13.8 Å². The summed E-state index contributed by atoms with van der Waals surface area (Å²) in [4.78, 5) is 28.6. The summed E-state index contributed by atoms with van der Waals surface area (Å²) in [6, 6.07) is 4.22. The van der Waals surface area contributed by atoms with Crippen molar-refractivity contribution >= 4 is 11.8 Å². The number of hydrogen-bond donors (Lipinski definition) is 1. The highest BCUT2D eigenvalue weighted by molar-refractivity contribution is 5.77. The molecular weight excluding hydrogens is 775 g/mol. The first-order valence-electron chi connectivity index (χ1n) is 25.9. The van der Waals surface area contributed by atoms with Crippen LogP contribution >= 0.6 is 0 Å². The first kappa shape index (κ1) is 44.9. The molecule has 9 saturated carbocycles. The fourth-order valence-electron chi connectivity index (χ4n) is 14.6. The maximum absolute atomic E-state index is 12.5. The maximum atomic E-state index is 12.5. The number of ether oxygens (including phenoxy) is 3. The Hall–Kier alpha value is -2.24. The number of nitriles is 2. The van der Waals surface area contributed by atoms with E-state index >= 15 is 0 Å². The van der Waals surface area contributed by atoms with E-state index in [1.165, 1.54) is 116 Å². The zero-order valence-corrected chi connectivity index (χ0v) is 38.8. The molecule has 11 fully saturated rings. The molecule has 0 aromatic heterocycles. The lowest BCUT2D eigenvalue weighted by Crippen LogP contribution is -2.35. The van der Waals surface area contributed by atoms with E-state index in [1.807, 2.05) is 9.80 Å². The Labute approximate surface area is 374 Å². The standard InChI is InChI=1S/2C20H30N2O2.C12H21NO/c2*1-20(7-6-19(23)22-8-2-3-16(22)13-21)11-14-9-18(10-15(14)12-20)24-17-4-5-17;1-12(13)6-8-4-11(5-9(8)7-12)14-10-2-3-10/h2*14-18H,2-12H2,1H3;8-11H,2-7,13H2,1H3/t2*14-,15+,16-,18?,20?;8-,9+,11?,12?/m00./s1. The molecule has 0 radical (unpaired) electrons.